The molecule has 1 unspecified atom stereocenters. The van der Waals surface area contributed by atoms with Gasteiger partial charge in [0.05, 0.1) is 16.7 Å². The normalized spacial score (nSPS) is 14.5. The van der Waals surface area contributed by atoms with Crippen LogP contribution >= 0.6 is 0 Å². The summed E-state index contributed by atoms with van der Waals surface area (Å²) in [6.07, 6.45) is -5.03. The molecule has 1 aromatic carbocycles. The molecule has 20 heavy (non-hydrogen) atoms. The molecule has 10 heteroatoms. The van der Waals surface area contributed by atoms with Crippen molar-refractivity contribution >= 4 is 17.3 Å². The number of nitrogens with two attached hydrogens (primary N) is 1. The number of benzene rings is 1. The van der Waals surface area contributed by atoms with Gasteiger partial charge in [-0.3, -0.25) is 14.9 Å². The van der Waals surface area contributed by atoms with Gasteiger partial charge < -0.3 is 11.1 Å². The number of halogens is 4. The summed E-state index contributed by atoms with van der Waals surface area (Å²) in [6, 6.07) is 2.08. The third-order valence-corrected chi connectivity index (χ3v) is 2.47. The Morgan fingerprint density at radius 1 is 1.40 bits per heavy atom. The molecule has 1 atom stereocenters. The quantitative estimate of drug-likeness (QED) is 0.506. The van der Waals surface area contributed by atoms with Gasteiger partial charge in [-0.25, -0.2) is 4.39 Å². The first-order valence-corrected chi connectivity index (χ1v) is 5.08. The fraction of sp³-hybridized carbons (Fsp3) is 0.300. The molecular weight excluding hydrogens is 286 g/mol. The van der Waals surface area contributed by atoms with Crippen molar-refractivity contribution in [2.45, 2.75) is 18.6 Å². The number of hydrogen-bond acceptors (Lipinski definition) is 4. The van der Waals surface area contributed by atoms with Crippen LogP contribution in [0.25, 0.3) is 0 Å². The number of nitrogens with one attached hydrogen (secondary N) is 1. The van der Waals surface area contributed by atoms with E-state index in [0.29, 0.717) is 13.0 Å². The summed E-state index contributed by atoms with van der Waals surface area (Å²) in [5.41, 5.74) is 0.382. The van der Waals surface area contributed by atoms with Crippen molar-refractivity contribution in [3.05, 3.63) is 34.1 Å². The van der Waals surface area contributed by atoms with E-state index in [1.54, 1.807) is 5.32 Å². The number of anilines is 1. The molecule has 0 fully saturated rings. The number of nitro benzene ring substituents is 1. The SMILES string of the molecule is CC(N)(C(=O)Nc1ccc([N+](=O)[O-])cc1F)C(F)(F)F. The summed E-state index contributed by atoms with van der Waals surface area (Å²) < 4.78 is 50.9. The lowest BCUT2D eigenvalue weighted by molar-refractivity contribution is -0.385. The molecule has 0 radical (unpaired) electrons. The Labute approximate surface area is 109 Å². The van der Waals surface area contributed by atoms with Gasteiger partial charge in [-0.05, 0) is 13.0 Å². The van der Waals surface area contributed by atoms with Crippen LogP contribution in [0.3, 0.4) is 0 Å². The molecule has 1 rings (SSSR count). The van der Waals surface area contributed by atoms with Gasteiger partial charge in [0.2, 0.25) is 0 Å². The standard InChI is InChI=1S/C10H9F4N3O3/c1-9(15,10(12,13)14)8(18)16-7-3-2-5(17(19)20)4-6(7)11/h2-4H,15H2,1H3,(H,16,18). The molecule has 3 N–H and O–H groups in total. The lowest BCUT2D eigenvalue weighted by Crippen LogP contribution is -2.59. The van der Waals surface area contributed by atoms with E-state index in [4.69, 9.17) is 5.73 Å². The van der Waals surface area contributed by atoms with Gasteiger partial charge >= 0.3 is 6.18 Å². The first-order chi connectivity index (χ1) is 8.96. The van der Waals surface area contributed by atoms with E-state index in [1.165, 1.54) is 0 Å². The lowest BCUT2D eigenvalue weighted by Gasteiger charge is -2.26. The largest absolute Gasteiger partial charge is 0.415 e. The topological polar surface area (TPSA) is 98.3 Å². The van der Waals surface area contributed by atoms with E-state index < -0.39 is 39.7 Å². The molecule has 0 aliphatic rings. The van der Waals surface area contributed by atoms with Gasteiger partial charge in [0, 0.05) is 6.07 Å². The van der Waals surface area contributed by atoms with Crippen molar-refractivity contribution in [2.24, 2.45) is 5.73 Å². The van der Waals surface area contributed by atoms with Gasteiger partial charge in [0.25, 0.3) is 11.6 Å². The van der Waals surface area contributed by atoms with Crippen LogP contribution in [-0.4, -0.2) is 22.5 Å². The van der Waals surface area contributed by atoms with Gasteiger partial charge in [0.15, 0.2) is 11.4 Å². The Balaban J connectivity index is 3.00. The van der Waals surface area contributed by atoms with E-state index in [0.717, 1.165) is 12.1 Å². The van der Waals surface area contributed by atoms with Crippen molar-refractivity contribution in [3.8, 4) is 0 Å². The van der Waals surface area contributed by atoms with Crippen LogP contribution in [-0.2, 0) is 4.79 Å². The smallest absolute Gasteiger partial charge is 0.322 e. The zero-order chi connectivity index (χ0) is 15.7. The summed E-state index contributed by atoms with van der Waals surface area (Å²) >= 11 is 0. The fourth-order valence-electron chi connectivity index (χ4n) is 1.10. The molecule has 6 nitrogen and oxygen atoms in total. The predicted molar refractivity (Wildman–Crippen MR) is 60.3 cm³/mol. The molecule has 0 saturated heterocycles. The highest BCUT2D eigenvalue weighted by atomic mass is 19.4. The lowest BCUT2D eigenvalue weighted by atomic mass is 10.0. The van der Waals surface area contributed by atoms with Crippen LogP contribution in [0.1, 0.15) is 6.92 Å². The Kier molecular flexibility index (Phi) is 3.99. The van der Waals surface area contributed by atoms with E-state index >= 15 is 0 Å². The minimum Gasteiger partial charge on any atom is -0.322 e. The van der Waals surface area contributed by atoms with Crippen molar-refractivity contribution in [3.63, 3.8) is 0 Å². The predicted octanol–water partition coefficient (Wildman–Crippen LogP) is 1.95. The summed E-state index contributed by atoms with van der Waals surface area (Å²) in [5, 5.41) is 12.0. The summed E-state index contributed by atoms with van der Waals surface area (Å²) in [5.74, 6) is -2.93. The first-order valence-electron chi connectivity index (χ1n) is 5.08. The maximum atomic E-state index is 13.4. The number of nitrogens with zero attached hydrogens (tertiary/aromatic N) is 1. The maximum Gasteiger partial charge on any atom is 0.415 e. The van der Waals surface area contributed by atoms with Crippen LogP contribution in [0.5, 0.6) is 0 Å². The Morgan fingerprint density at radius 2 is 1.95 bits per heavy atom. The molecule has 0 bridgehead atoms. The first kappa shape index (κ1) is 15.8. The molecule has 0 spiro atoms. The van der Waals surface area contributed by atoms with E-state index in [1.807, 2.05) is 0 Å². The highest BCUT2D eigenvalue weighted by Crippen LogP contribution is 2.29. The Bertz CT molecular complexity index is 557. The van der Waals surface area contributed by atoms with E-state index in [2.05, 4.69) is 0 Å². The van der Waals surface area contributed by atoms with Gasteiger partial charge in [-0.2, -0.15) is 13.2 Å². The molecule has 0 saturated carbocycles. The molecule has 0 heterocycles. The van der Waals surface area contributed by atoms with Crippen LogP contribution in [0.2, 0.25) is 0 Å². The average Bonchev–Trinajstić information content (AvgIpc) is 2.29. The molecule has 1 aromatic rings. The third kappa shape index (κ3) is 3.02. The average molecular weight is 295 g/mol. The number of amides is 1. The van der Waals surface area contributed by atoms with Crippen LogP contribution in [0.4, 0.5) is 28.9 Å². The van der Waals surface area contributed by atoms with Crippen molar-refractivity contribution < 1.29 is 27.3 Å². The number of rotatable bonds is 3. The Hall–Kier alpha value is -2.23. The minimum atomic E-state index is -5.03. The Morgan fingerprint density at radius 3 is 2.35 bits per heavy atom. The fourth-order valence-corrected chi connectivity index (χ4v) is 1.10. The van der Waals surface area contributed by atoms with Crippen LogP contribution in [0.15, 0.2) is 18.2 Å². The van der Waals surface area contributed by atoms with Gasteiger partial charge in [-0.15, -0.1) is 0 Å². The highest BCUT2D eigenvalue weighted by molar-refractivity contribution is 5.98. The van der Waals surface area contributed by atoms with Crippen molar-refractivity contribution in [2.75, 3.05) is 5.32 Å². The second-order valence-electron chi connectivity index (χ2n) is 4.08. The number of hydrogen-bond donors (Lipinski definition) is 2. The molecule has 110 valence electrons. The van der Waals surface area contributed by atoms with Crippen molar-refractivity contribution in [1.29, 1.82) is 0 Å². The van der Waals surface area contributed by atoms with Gasteiger partial charge in [-0.1, -0.05) is 0 Å². The molecule has 0 aliphatic heterocycles. The molecule has 0 aromatic heterocycles. The second kappa shape index (κ2) is 5.04. The number of nitro groups is 1. The number of carbonyl (C=O) groups excluding carboxylic acids is 1. The maximum absolute atomic E-state index is 13.4. The summed E-state index contributed by atoms with van der Waals surface area (Å²) in [7, 11) is 0. The minimum absolute atomic E-state index is 0.422. The zero-order valence-corrected chi connectivity index (χ0v) is 9.99. The number of alkyl halides is 3. The van der Waals surface area contributed by atoms with E-state index in [9.17, 15) is 32.5 Å². The molecule has 1 amide bonds. The number of non-ortho nitro benzene ring substituents is 1. The third-order valence-electron chi connectivity index (χ3n) is 2.47. The van der Waals surface area contributed by atoms with Crippen molar-refractivity contribution in [1.82, 2.24) is 0 Å². The van der Waals surface area contributed by atoms with Gasteiger partial charge in [0.1, 0.15) is 0 Å². The summed E-state index contributed by atoms with van der Waals surface area (Å²) in [6.45, 7) is 0.422. The monoisotopic (exact) mass is 295 g/mol. The summed E-state index contributed by atoms with van der Waals surface area (Å²) in [4.78, 5) is 20.9. The second-order valence-corrected chi connectivity index (χ2v) is 4.08. The zero-order valence-electron chi connectivity index (χ0n) is 9.99. The molecular formula is C10H9F4N3O3. The van der Waals surface area contributed by atoms with Crippen LogP contribution in [0, 0.1) is 15.9 Å². The molecule has 0 aliphatic carbocycles. The highest BCUT2D eigenvalue weighted by Gasteiger charge is 2.54. The number of carbonyl (C=O) groups is 1. The van der Waals surface area contributed by atoms with Crippen LogP contribution < -0.4 is 11.1 Å². The van der Waals surface area contributed by atoms with E-state index in [-0.39, 0.29) is 0 Å².